The van der Waals surface area contributed by atoms with Crippen LogP contribution < -0.4 is 11.3 Å². The van der Waals surface area contributed by atoms with E-state index < -0.39 is 0 Å². The Hall–Kier alpha value is -1.83. The number of hydrogen-bond acceptors (Lipinski definition) is 6. The van der Waals surface area contributed by atoms with Crippen molar-refractivity contribution in [2.24, 2.45) is 0 Å². The molecule has 96 valence electrons. The van der Waals surface area contributed by atoms with Gasteiger partial charge in [0.1, 0.15) is 18.0 Å². The van der Waals surface area contributed by atoms with Crippen molar-refractivity contribution in [2.45, 2.75) is 30.8 Å². The number of nitrogen functional groups attached to an aromatic ring is 1. The van der Waals surface area contributed by atoms with E-state index in [4.69, 9.17) is 5.73 Å². The molecule has 0 saturated carbocycles. The van der Waals surface area contributed by atoms with E-state index in [0.29, 0.717) is 10.9 Å². The zero-order valence-corrected chi connectivity index (χ0v) is 10.9. The van der Waals surface area contributed by atoms with Gasteiger partial charge in [0.05, 0.1) is 5.75 Å². The Balaban J connectivity index is 2.11. The number of rotatable bonds is 4. The van der Waals surface area contributed by atoms with Gasteiger partial charge in [0, 0.05) is 12.1 Å². The van der Waals surface area contributed by atoms with E-state index >= 15 is 0 Å². The normalized spacial score (nSPS) is 11.1. The second-order valence-corrected chi connectivity index (χ2v) is 4.94. The Morgan fingerprint density at radius 2 is 2.33 bits per heavy atom. The fourth-order valence-corrected chi connectivity index (χ4v) is 2.28. The van der Waals surface area contributed by atoms with E-state index in [0.717, 1.165) is 5.82 Å². The fraction of sp³-hybridized carbons (Fsp3) is 0.400. The van der Waals surface area contributed by atoms with Gasteiger partial charge in [0.25, 0.3) is 5.56 Å². The van der Waals surface area contributed by atoms with Crippen molar-refractivity contribution in [2.75, 3.05) is 5.73 Å². The molecule has 0 radical (unpaired) electrons. The SMILES string of the molecule is CC(C)n1ncnc1CSc1nc(N)cc(=O)[nH]1. The number of aromatic nitrogens is 5. The van der Waals surface area contributed by atoms with Crippen LogP contribution in [0.2, 0.25) is 0 Å². The van der Waals surface area contributed by atoms with Crippen molar-refractivity contribution >= 4 is 17.6 Å². The molecule has 8 heteroatoms. The molecule has 0 saturated heterocycles. The minimum atomic E-state index is -0.254. The maximum atomic E-state index is 11.2. The number of H-pyrrole nitrogens is 1. The molecule has 0 aliphatic carbocycles. The van der Waals surface area contributed by atoms with E-state index in [-0.39, 0.29) is 17.4 Å². The molecule has 0 aliphatic rings. The Morgan fingerprint density at radius 3 is 3.00 bits per heavy atom. The summed E-state index contributed by atoms with van der Waals surface area (Å²) < 4.78 is 1.83. The predicted octanol–water partition coefficient (Wildman–Crippen LogP) is 0.817. The van der Waals surface area contributed by atoms with Crippen LogP contribution in [0.4, 0.5) is 5.82 Å². The third kappa shape index (κ3) is 2.89. The number of nitrogens with zero attached hydrogens (tertiary/aromatic N) is 4. The molecule has 2 rings (SSSR count). The van der Waals surface area contributed by atoms with E-state index in [1.165, 1.54) is 24.2 Å². The van der Waals surface area contributed by atoms with Crippen molar-refractivity contribution in [3.8, 4) is 0 Å². The molecule has 0 bridgehead atoms. The summed E-state index contributed by atoms with van der Waals surface area (Å²) in [6, 6.07) is 1.50. The molecule has 0 unspecified atom stereocenters. The maximum Gasteiger partial charge on any atom is 0.253 e. The summed E-state index contributed by atoms with van der Waals surface area (Å²) in [5.41, 5.74) is 5.25. The first-order valence-electron chi connectivity index (χ1n) is 5.44. The summed E-state index contributed by atoms with van der Waals surface area (Å²) in [7, 11) is 0. The second-order valence-electron chi connectivity index (χ2n) is 3.98. The molecule has 2 aromatic heterocycles. The predicted molar refractivity (Wildman–Crippen MR) is 69.2 cm³/mol. The van der Waals surface area contributed by atoms with Crippen LogP contribution in [-0.4, -0.2) is 24.7 Å². The summed E-state index contributed by atoms with van der Waals surface area (Å²) in [6.07, 6.45) is 1.52. The van der Waals surface area contributed by atoms with Gasteiger partial charge in [0.2, 0.25) is 0 Å². The summed E-state index contributed by atoms with van der Waals surface area (Å²) in [5.74, 6) is 1.62. The fourth-order valence-electron chi connectivity index (χ4n) is 1.46. The van der Waals surface area contributed by atoms with Crippen LogP contribution in [0.25, 0.3) is 0 Å². The Labute approximate surface area is 108 Å². The molecule has 7 nitrogen and oxygen atoms in total. The van der Waals surface area contributed by atoms with Gasteiger partial charge in [-0.15, -0.1) is 0 Å². The van der Waals surface area contributed by atoms with E-state index in [2.05, 4.69) is 20.1 Å². The lowest BCUT2D eigenvalue weighted by Gasteiger charge is -2.08. The second kappa shape index (κ2) is 5.21. The molecular formula is C10H14N6OS. The molecule has 0 spiro atoms. The van der Waals surface area contributed by atoms with Crippen molar-refractivity contribution in [1.29, 1.82) is 0 Å². The van der Waals surface area contributed by atoms with E-state index in [9.17, 15) is 4.79 Å². The number of anilines is 1. The van der Waals surface area contributed by atoms with Crippen LogP contribution in [0, 0.1) is 0 Å². The van der Waals surface area contributed by atoms with Gasteiger partial charge in [-0.3, -0.25) is 4.79 Å². The van der Waals surface area contributed by atoms with Crippen LogP contribution in [0.1, 0.15) is 25.7 Å². The standard InChI is InChI=1S/C10H14N6OS/c1-6(2)16-8(12-5-13-16)4-18-10-14-7(11)3-9(17)15-10/h3,5-6H,4H2,1-2H3,(H3,11,14,15,17). The highest BCUT2D eigenvalue weighted by molar-refractivity contribution is 7.98. The topological polar surface area (TPSA) is 102 Å². The third-order valence-corrected chi connectivity index (χ3v) is 3.08. The Morgan fingerprint density at radius 1 is 1.56 bits per heavy atom. The largest absolute Gasteiger partial charge is 0.383 e. The minimum Gasteiger partial charge on any atom is -0.383 e. The monoisotopic (exact) mass is 266 g/mol. The Kier molecular flexibility index (Phi) is 3.66. The quantitative estimate of drug-likeness (QED) is 0.627. The van der Waals surface area contributed by atoms with Crippen molar-refractivity contribution < 1.29 is 0 Å². The van der Waals surface area contributed by atoms with Gasteiger partial charge in [-0.05, 0) is 13.8 Å². The smallest absolute Gasteiger partial charge is 0.253 e. The first-order chi connectivity index (χ1) is 8.56. The summed E-state index contributed by atoms with van der Waals surface area (Å²) in [5, 5.41) is 4.62. The molecule has 18 heavy (non-hydrogen) atoms. The molecule has 0 fully saturated rings. The molecule has 0 aromatic carbocycles. The first kappa shape index (κ1) is 12.6. The van der Waals surface area contributed by atoms with Crippen LogP contribution in [0.3, 0.4) is 0 Å². The zero-order valence-electron chi connectivity index (χ0n) is 10.1. The number of nitrogens with two attached hydrogens (primary N) is 1. The first-order valence-corrected chi connectivity index (χ1v) is 6.43. The van der Waals surface area contributed by atoms with Crippen LogP contribution >= 0.6 is 11.8 Å². The number of aromatic amines is 1. The van der Waals surface area contributed by atoms with E-state index in [1.807, 2.05) is 18.5 Å². The molecule has 0 amide bonds. The maximum absolute atomic E-state index is 11.2. The highest BCUT2D eigenvalue weighted by Crippen LogP contribution is 2.18. The van der Waals surface area contributed by atoms with Gasteiger partial charge >= 0.3 is 0 Å². The van der Waals surface area contributed by atoms with Crippen molar-refractivity contribution in [3.05, 3.63) is 28.6 Å². The Bertz CT molecular complexity index is 590. The van der Waals surface area contributed by atoms with Gasteiger partial charge in [-0.1, -0.05) is 11.8 Å². The highest BCUT2D eigenvalue weighted by Gasteiger charge is 2.09. The van der Waals surface area contributed by atoms with Crippen molar-refractivity contribution in [1.82, 2.24) is 24.7 Å². The van der Waals surface area contributed by atoms with Crippen LogP contribution in [-0.2, 0) is 5.75 Å². The van der Waals surface area contributed by atoms with Crippen LogP contribution in [0.5, 0.6) is 0 Å². The van der Waals surface area contributed by atoms with Gasteiger partial charge in [-0.25, -0.2) is 14.6 Å². The third-order valence-electron chi connectivity index (χ3n) is 2.21. The van der Waals surface area contributed by atoms with Gasteiger partial charge in [-0.2, -0.15) is 5.10 Å². The minimum absolute atomic E-state index is 0.214. The van der Waals surface area contributed by atoms with Gasteiger partial charge in [0.15, 0.2) is 5.16 Å². The lowest BCUT2D eigenvalue weighted by atomic mass is 10.4. The number of thioether (sulfide) groups is 1. The van der Waals surface area contributed by atoms with Crippen LogP contribution in [0.15, 0.2) is 22.3 Å². The molecule has 2 heterocycles. The van der Waals surface area contributed by atoms with E-state index in [1.54, 1.807) is 0 Å². The molecular weight excluding hydrogens is 252 g/mol. The summed E-state index contributed by atoms with van der Waals surface area (Å²) >= 11 is 1.37. The lowest BCUT2D eigenvalue weighted by molar-refractivity contribution is 0.514. The number of nitrogens with one attached hydrogen (secondary N) is 1. The number of hydrogen-bond donors (Lipinski definition) is 2. The molecule has 2 aromatic rings. The average molecular weight is 266 g/mol. The highest BCUT2D eigenvalue weighted by atomic mass is 32.2. The van der Waals surface area contributed by atoms with Crippen molar-refractivity contribution in [3.63, 3.8) is 0 Å². The average Bonchev–Trinajstić information content (AvgIpc) is 2.73. The summed E-state index contributed by atoms with van der Waals surface area (Å²) in [4.78, 5) is 22.1. The van der Waals surface area contributed by atoms with Gasteiger partial charge < -0.3 is 10.7 Å². The lowest BCUT2D eigenvalue weighted by Crippen LogP contribution is -2.10. The molecule has 0 atom stereocenters. The summed E-state index contributed by atoms with van der Waals surface area (Å²) in [6.45, 7) is 4.06. The molecule has 0 aliphatic heterocycles. The molecule has 3 N–H and O–H groups in total. The zero-order chi connectivity index (χ0) is 13.1.